The Kier molecular flexibility index (Phi) is 3.88. The van der Waals surface area contributed by atoms with E-state index >= 15 is 0 Å². The van der Waals surface area contributed by atoms with Crippen LogP contribution in [0.1, 0.15) is 5.56 Å². The predicted octanol–water partition coefficient (Wildman–Crippen LogP) is 4.28. The van der Waals surface area contributed by atoms with Crippen molar-refractivity contribution in [2.75, 3.05) is 0 Å². The summed E-state index contributed by atoms with van der Waals surface area (Å²) in [5.74, 6) is 0.558. The molecule has 0 aliphatic heterocycles. The number of thiazole rings is 1. The third kappa shape index (κ3) is 2.87. The van der Waals surface area contributed by atoms with Gasteiger partial charge in [-0.2, -0.15) is 9.50 Å². The molecule has 4 nitrogen and oxygen atoms in total. The largest absolute Gasteiger partial charge is 0.291 e. The number of nitrogens with zero attached hydrogens (tertiary/aromatic N) is 3. The molecule has 0 fully saturated rings. The van der Waals surface area contributed by atoms with Crippen molar-refractivity contribution < 1.29 is 0 Å². The first-order chi connectivity index (χ1) is 13.2. The van der Waals surface area contributed by atoms with E-state index in [1.807, 2.05) is 54.6 Å². The van der Waals surface area contributed by atoms with Gasteiger partial charge in [-0.15, -0.1) is 5.10 Å². The van der Waals surface area contributed by atoms with Crippen molar-refractivity contribution in [1.82, 2.24) is 14.6 Å². The summed E-state index contributed by atoms with van der Waals surface area (Å²) < 4.78 is 3.01. The number of hydrogen-bond donors (Lipinski definition) is 0. The maximum atomic E-state index is 12.8. The van der Waals surface area contributed by atoms with E-state index in [1.54, 1.807) is 0 Å². The summed E-state index contributed by atoms with van der Waals surface area (Å²) >= 11 is 4.77. The number of rotatable bonds is 2. The third-order valence-corrected chi connectivity index (χ3v) is 5.88. The number of benzene rings is 3. The van der Waals surface area contributed by atoms with Crippen molar-refractivity contribution in [3.8, 4) is 11.4 Å². The molecule has 2 heterocycles. The van der Waals surface area contributed by atoms with Crippen molar-refractivity contribution in [3.05, 3.63) is 91.7 Å². The lowest BCUT2D eigenvalue weighted by atomic mass is 10.0. The Bertz CT molecular complexity index is 1400. The summed E-state index contributed by atoms with van der Waals surface area (Å²) in [6.45, 7) is 0. The number of halogens is 1. The van der Waals surface area contributed by atoms with E-state index in [4.69, 9.17) is 0 Å². The molecule has 0 atom stereocenters. The molecule has 0 saturated carbocycles. The average Bonchev–Trinajstić information content (AvgIpc) is 3.23. The van der Waals surface area contributed by atoms with Crippen LogP contribution in [0.25, 0.3) is 33.2 Å². The zero-order chi connectivity index (χ0) is 18.4. The van der Waals surface area contributed by atoms with Gasteiger partial charge in [-0.1, -0.05) is 81.9 Å². The molecule has 0 N–H and O–H groups in total. The molecule has 0 aliphatic rings. The van der Waals surface area contributed by atoms with Gasteiger partial charge in [0.05, 0.1) is 4.53 Å². The first kappa shape index (κ1) is 16.4. The lowest BCUT2D eigenvalue weighted by Gasteiger charge is -2.00. The summed E-state index contributed by atoms with van der Waals surface area (Å²) in [6, 6.07) is 22.0. The highest BCUT2D eigenvalue weighted by atomic mass is 79.9. The van der Waals surface area contributed by atoms with Crippen LogP contribution in [-0.4, -0.2) is 14.6 Å². The van der Waals surface area contributed by atoms with Gasteiger partial charge >= 0.3 is 0 Å². The topological polar surface area (TPSA) is 47.3 Å². The zero-order valence-corrected chi connectivity index (χ0v) is 16.4. The molecule has 5 aromatic rings. The first-order valence-corrected chi connectivity index (χ1v) is 9.95. The Hall–Kier alpha value is -2.83. The van der Waals surface area contributed by atoms with Crippen molar-refractivity contribution in [2.24, 2.45) is 0 Å². The smallest absolute Gasteiger partial charge is 0.266 e. The van der Waals surface area contributed by atoms with Crippen molar-refractivity contribution >= 4 is 49.1 Å². The highest BCUT2D eigenvalue weighted by molar-refractivity contribution is 9.10. The lowest BCUT2D eigenvalue weighted by Crippen LogP contribution is -2.23. The Morgan fingerprint density at radius 2 is 1.74 bits per heavy atom. The third-order valence-electron chi connectivity index (χ3n) is 4.39. The second-order valence-electron chi connectivity index (χ2n) is 6.12. The number of fused-ring (bicyclic) bond motifs is 2. The van der Waals surface area contributed by atoms with Crippen LogP contribution in [0.5, 0.6) is 0 Å². The molecule has 27 heavy (non-hydrogen) atoms. The van der Waals surface area contributed by atoms with Crippen molar-refractivity contribution in [3.63, 3.8) is 0 Å². The molecule has 2 aromatic heterocycles. The predicted molar refractivity (Wildman–Crippen MR) is 113 cm³/mol. The molecule has 0 amide bonds. The molecular formula is C21H12BrN3OS. The number of aromatic nitrogens is 3. The van der Waals surface area contributed by atoms with Gasteiger partial charge in [-0.3, -0.25) is 4.79 Å². The monoisotopic (exact) mass is 433 g/mol. The second kappa shape index (κ2) is 6.40. The molecule has 0 spiro atoms. The van der Waals surface area contributed by atoms with E-state index in [1.165, 1.54) is 15.9 Å². The molecule has 6 heteroatoms. The normalized spacial score (nSPS) is 12.3. The highest BCUT2D eigenvalue weighted by Crippen LogP contribution is 2.21. The van der Waals surface area contributed by atoms with Crippen LogP contribution in [0.3, 0.4) is 0 Å². The minimum Gasteiger partial charge on any atom is -0.266 e. The van der Waals surface area contributed by atoms with E-state index in [9.17, 15) is 4.79 Å². The van der Waals surface area contributed by atoms with Gasteiger partial charge in [0.25, 0.3) is 5.56 Å². The van der Waals surface area contributed by atoms with Crippen LogP contribution in [-0.2, 0) is 0 Å². The Morgan fingerprint density at radius 3 is 2.56 bits per heavy atom. The summed E-state index contributed by atoms with van der Waals surface area (Å²) in [5.41, 5.74) is 1.76. The molecule has 0 aliphatic carbocycles. The van der Waals surface area contributed by atoms with Gasteiger partial charge in [-0.05, 0) is 34.5 Å². The molecule has 0 bridgehead atoms. The molecular weight excluding hydrogens is 422 g/mol. The standard InChI is InChI=1S/C21H12BrN3OS/c22-16-10-8-14(9-11-16)19-23-21-25(24-19)20(26)18(27-21)12-15-6-3-5-13-4-1-2-7-17(13)15/h1-12H. The zero-order valence-electron chi connectivity index (χ0n) is 14.0. The fraction of sp³-hybridized carbons (Fsp3) is 0. The molecule has 3 aromatic carbocycles. The van der Waals surface area contributed by atoms with Gasteiger partial charge in [0.1, 0.15) is 0 Å². The minimum absolute atomic E-state index is 0.140. The summed E-state index contributed by atoms with van der Waals surface area (Å²) in [7, 11) is 0. The van der Waals surface area contributed by atoms with E-state index in [2.05, 4.69) is 44.2 Å². The molecule has 0 radical (unpaired) electrons. The Labute approximate surface area is 166 Å². The fourth-order valence-corrected chi connectivity index (χ4v) is 4.24. The van der Waals surface area contributed by atoms with Crippen LogP contribution in [0, 0.1) is 0 Å². The molecule has 130 valence electrons. The number of hydrogen-bond acceptors (Lipinski definition) is 4. The Morgan fingerprint density at radius 1 is 0.963 bits per heavy atom. The van der Waals surface area contributed by atoms with E-state index in [0.717, 1.165) is 26.4 Å². The van der Waals surface area contributed by atoms with Crippen LogP contribution in [0.15, 0.2) is 76.0 Å². The fourth-order valence-electron chi connectivity index (χ4n) is 3.07. The first-order valence-electron chi connectivity index (χ1n) is 8.34. The summed E-state index contributed by atoms with van der Waals surface area (Å²) in [5, 5.41) is 6.67. The average molecular weight is 434 g/mol. The summed E-state index contributed by atoms with van der Waals surface area (Å²) in [6.07, 6.45) is 1.92. The van der Waals surface area contributed by atoms with Crippen LogP contribution >= 0.6 is 27.3 Å². The van der Waals surface area contributed by atoms with Gasteiger partial charge < -0.3 is 0 Å². The van der Waals surface area contributed by atoms with E-state index in [0.29, 0.717) is 15.3 Å². The Balaban J connectivity index is 1.65. The SMILES string of the molecule is O=c1c(=Cc2cccc3ccccc23)sc2nc(-c3ccc(Br)cc3)nn12. The minimum atomic E-state index is -0.140. The van der Waals surface area contributed by atoms with Gasteiger partial charge in [0.15, 0.2) is 5.82 Å². The van der Waals surface area contributed by atoms with Gasteiger partial charge in [0.2, 0.25) is 4.96 Å². The van der Waals surface area contributed by atoms with Crippen LogP contribution in [0.2, 0.25) is 0 Å². The van der Waals surface area contributed by atoms with Gasteiger partial charge in [0, 0.05) is 10.0 Å². The van der Waals surface area contributed by atoms with Crippen LogP contribution in [0.4, 0.5) is 0 Å². The maximum absolute atomic E-state index is 12.8. The molecule has 0 unspecified atom stereocenters. The molecule has 5 rings (SSSR count). The molecule has 0 saturated heterocycles. The van der Waals surface area contributed by atoms with Crippen molar-refractivity contribution in [1.29, 1.82) is 0 Å². The second-order valence-corrected chi connectivity index (χ2v) is 8.05. The van der Waals surface area contributed by atoms with E-state index in [-0.39, 0.29) is 5.56 Å². The lowest BCUT2D eigenvalue weighted by molar-refractivity contribution is 0.937. The highest BCUT2D eigenvalue weighted by Gasteiger charge is 2.12. The summed E-state index contributed by atoms with van der Waals surface area (Å²) in [4.78, 5) is 17.9. The van der Waals surface area contributed by atoms with Gasteiger partial charge in [-0.25, -0.2) is 0 Å². The van der Waals surface area contributed by atoms with Crippen molar-refractivity contribution in [2.45, 2.75) is 0 Å². The quantitative estimate of drug-likeness (QED) is 0.417. The maximum Gasteiger partial charge on any atom is 0.291 e. The van der Waals surface area contributed by atoms with E-state index < -0.39 is 0 Å². The van der Waals surface area contributed by atoms with Crippen LogP contribution < -0.4 is 10.1 Å².